The van der Waals surface area contributed by atoms with Crippen LogP contribution in [0.4, 0.5) is 20.2 Å². The third-order valence-corrected chi connectivity index (χ3v) is 7.31. The average Bonchev–Trinajstić information content (AvgIpc) is 2.82. The van der Waals surface area contributed by atoms with Gasteiger partial charge in [-0.25, -0.2) is 17.2 Å². The van der Waals surface area contributed by atoms with E-state index in [-0.39, 0.29) is 36.9 Å². The molecule has 0 aromatic heterocycles. The molecule has 3 aromatic rings. The number of nitrogens with zero attached hydrogens (tertiary/aromatic N) is 1. The zero-order chi connectivity index (χ0) is 25.2. The molecule has 11 heteroatoms. The first-order chi connectivity index (χ1) is 16.7. The molecule has 1 amide bonds. The van der Waals surface area contributed by atoms with Gasteiger partial charge < -0.3 is 14.8 Å². The second-order valence-electron chi connectivity index (χ2n) is 7.84. The molecule has 0 aliphatic carbocycles. The van der Waals surface area contributed by atoms with E-state index in [1.54, 1.807) is 30.3 Å². The molecule has 0 spiro atoms. The normalized spacial score (nSPS) is 15.3. The highest BCUT2D eigenvalue weighted by Crippen LogP contribution is 2.39. The molecule has 1 N–H and O–H groups in total. The highest BCUT2D eigenvalue weighted by molar-refractivity contribution is 7.92. The number of benzene rings is 3. The molecule has 1 aliphatic heterocycles. The number of hydrogen-bond acceptors (Lipinski definition) is 5. The fraction of sp³-hybridized carbons (Fsp3) is 0.208. The first-order valence-electron chi connectivity index (χ1n) is 10.5. The van der Waals surface area contributed by atoms with Crippen molar-refractivity contribution in [2.24, 2.45) is 0 Å². The second-order valence-corrected chi connectivity index (χ2v) is 10.1. The van der Waals surface area contributed by atoms with Crippen molar-refractivity contribution in [2.45, 2.75) is 17.4 Å². The summed E-state index contributed by atoms with van der Waals surface area (Å²) in [4.78, 5) is 12.1. The number of nitrogens with one attached hydrogen (secondary N) is 1. The molecular weight excluding hydrogens is 502 g/mol. The van der Waals surface area contributed by atoms with Crippen LogP contribution in [0.5, 0.6) is 5.75 Å². The Morgan fingerprint density at radius 1 is 1.11 bits per heavy atom. The van der Waals surface area contributed by atoms with E-state index in [9.17, 15) is 22.0 Å². The molecule has 35 heavy (non-hydrogen) atoms. The zero-order valence-electron chi connectivity index (χ0n) is 18.5. The highest BCUT2D eigenvalue weighted by Gasteiger charge is 2.35. The van der Waals surface area contributed by atoms with E-state index in [2.05, 4.69) is 5.32 Å². The molecule has 0 bridgehead atoms. The van der Waals surface area contributed by atoms with Crippen molar-refractivity contribution in [1.82, 2.24) is 0 Å². The molecule has 0 radical (unpaired) electrons. The number of hydrogen-bond donors (Lipinski definition) is 1. The van der Waals surface area contributed by atoms with Crippen LogP contribution in [0.15, 0.2) is 65.6 Å². The van der Waals surface area contributed by atoms with E-state index < -0.39 is 32.7 Å². The van der Waals surface area contributed by atoms with E-state index >= 15 is 0 Å². The van der Waals surface area contributed by atoms with Crippen LogP contribution < -0.4 is 14.4 Å². The van der Waals surface area contributed by atoms with Gasteiger partial charge in [-0.2, -0.15) is 0 Å². The largest absolute Gasteiger partial charge is 0.484 e. The number of halogens is 3. The smallest absolute Gasteiger partial charge is 0.264 e. The van der Waals surface area contributed by atoms with Gasteiger partial charge in [0.15, 0.2) is 11.6 Å². The SMILES string of the molecule is COCC1CN(S(=O)(=O)c2ccc(F)c(F)c2)c2cc(NC(=O)Cc3ccc(Cl)cc3)ccc2O1. The van der Waals surface area contributed by atoms with Gasteiger partial charge in [-0.05, 0) is 54.1 Å². The van der Waals surface area contributed by atoms with Gasteiger partial charge in [0.05, 0.1) is 30.2 Å². The summed E-state index contributed by atoms with van der Waals surface area (Å²) in [6.07, 6.45) is -0.560. The predicted molar refractivity (Wildman–Crippen MR) is 127 cm³/mol. The molecule has 7 nitrogen and oxygen atoms in total. The summed E-state index contributed by atoms with van der Waals surface area (Å²) in [5.41, 5.74) is 1.23. The highest BCUT2D eigenvalue weighted by atomic mass is 35.5. The third kappa shape index (κ3) is 5.55. The lowest BCUT2D eigenvalue weighted by Gasteiger charge is -2.35. The van der Waals surface area contributed by atoms with Crippen LogP contribution in [0.2, 0.25) is 5.02 Å². The van der Waals surface area contributed by atoms with E-state index in [4.69, 9.17) is 21.1 Å². The molecule has 1 heterocycles. The number of carbonyl (C=O) groups excluding carboxylic acids is 1. The Morgan fingerprint density at radius 3 is 2.54 bits per heavy atom. The predicted octanol–water partition coefficient (Wildman–Crippen LogP) is 4.40. The van der Waals surface area contributed by atoms with Crippen LogP contribution in [-0.4, -0.2) is 40.7 Å². The number of anilines is 2. The Balaban J connectivity index is 1.65. The second kappa shape index (κ2) is 10.2. The standard InChI is InChI=1S/C24H21ClF2N2O5S/c1-33-14-18-13-29(35(31,32)19-7-8-20(26)21(27)12-19)22-11-17(6-9-23(22)34-18)28-24(30)10-15-2-4-16(25)5-3-15/h2-9,11-12,18H,10,13-14H2,1H3,(H,28,30). The fourth-order valence-electron chi connectivity index (χ4n) is 3.65. The Bertz CT molecular complexity index is 1350. The summed E-state index contributed by atoms with van der Waals surface area (Å²) in [6, 6.07) is 13.8. The molecule has 1 aliphatic rings. The van der Waals surface area contributed by atoms with Gasteiger partial charge >= 0.3 is 0 Å². The molecule has 3 aromatic carbocycles. The van der Waals surface area contributed by atoms with Gasteiger partial charge in [-0.3, -0.25) is 9.10 Å². The molecule has 1 atom stereocenters. The zero-order valence-corrected chi connectivity index (χ0v) is 20.1. The van der Waals surface area contributed by atoms with Crippen molar-refractivity contribution in [2.75, 3.05) is 29.9 Å². The third-order valence-electron chi connectivity index (χ3n) is 5.28. The van der Waals surface area contributed by atoms with Crippen LogP contribution in [0.3, 0.4) is 0 Å². The molecule has 184 valence electrons. The summed E-state index contributed by atoms with van der Waals surface area (Å²) in [7, 11) is -2.85. The molecule has 0 saturated heterocycles. The van der Waals surface area contributed by atoms with E-state index in [1.807, 2.05) is 0 Å². The monoisotopic (exact) mass is 522 g/mol. The van der Waals surface area contributed by atoms with Crippen LogP contribution in [0, 0.1) is 11.6 Å². The number of methoxy groups -OCH3 is 1. The van der Waals surface area contributed by atoms with Gasteiger partial charge in [0.25, 0.3) is 10.0 Å². The van der Waals surface area contributed by atoms with Crippen molar-refractivity contribution >= 4 is 38.9 Å². The number of rotatable bonds is 7. The Hall–Kier alpha value is -3.21. The number of ether oxygens (including phenoxy) is 2. The summed E-state index contributed by atoms with van der Waals surface area (Å²) in [5, 5.41) is 3.29. The minimum absolute atomic E-state index is 0.0809. The van der Waals surface area contributed by atoms with Gasteiger partial charge in [0.2, 0.25) is 5.91 Å². The Labute approximate surface area is 206 Å². The van der Waals surface area contributed by atoms with Crippen molar-refractivity contribution in [3.05, 3.63) is 82.9 Å². The first-order valence-corrected chi connectivity index (χ1v) is 12.3. The van der Waals surface area contributed by atoms with E-state index in [0.29, 0.717) is 16.8 Å². The molecule has 0 fully saturated rings. The lowest BCUT2D eigenvalue weighted by Crippen LogP contribution is -2.45. The lowest BCUT2D eigenvalue weighted by atomic mass is 10.1. The maximum atomic E-state index is 13.8. The summed E-state index contributed by atoms with van der Waals surface area (Å²) >= 11 is 5.87. The number of sulfonamides is 1. The van der Waals surface area contributed by atoms with Crippen molar-refractivity contribution in [1.29, 1.82) is 0 Å². The lowest BCUT2D eigenvalue weighted by molar-refractivity contribution is -0.115. The van der Waals surface area contributed by atoms with Gasteiger partial charge in [0, 0.05) is 17.8 Å². The van der Waals surface area contributed by atoms with Gasteiger partial charge in [0.1, 0.15) is 11.9 Å². The van der Waals surface area contributed by atoms with Crippen LogP contribution in [0.25, 0.3) is 0 Å². The minimum atomic E-state index is -4.30. The quantitative estimate of drug-likeness (QED) is 0.497. The number of carbonyl (C=O) groups is 1. The van der Waals surface area contributed by atoms with E-state index in [1.165, 1.54) is 19.2 Å². The van der Waals surface area contributed by atoms with Gasteiger partial charge in [-0.1, -0.05) is 23.7 Å². The average molecular weight is 523 g/mol. The summed E-state index contributed by atoms with van der Waals surface area (Å²) in [6.45, 7) is -0.0346. The number of fused-ring (bicyclic) bond motifs is 1. The molecule has 1 unspecified atom stereocenters. The van der Waals surface area contributed by atoms with E-state index in [0.717, 1.165) is 22.0 Å². The molecule has 0 saturated carbocycles. The summed E-state index contributed by atoms with van der Waals surface area (Å²) in [5.74, 6) is -2.53. The minimum Gasteiger partial charge on any atom is -0.484 e. The van der Waals surface area contributed by atoms with Crippen molar-refractivity contribution < 1.29 is 31.5 Å². The van der Waals surface area contributed by atoms with Gasteiger partial charge in [-0.15, -0.1) is 0 Å². The fourth-order valence-corrected chi connectivity index (χ4v) is 5.28. The number of amides is 1. The van der Waals surface area contributed by atoms with Crippen LogP contribution in [-0.2, 0) is 26.0 Å². The van der Waals surface area contributed by atoms with Crippen LogP contribution in [0.1, 0.15) is 5.56 Å². The first kappa shape index (κ1) is 24.9. The van der Waals surface area contributed by atoms with Crippen molar-refractivity contribution in [3.63, 3.8) is 0 Å². The maximum Gasteiger partial charge on any atom is 0.264 e. The summed E-state index contributed by atoms with van der Waals surface area (Å²) < 4.78 is 66.1. The molecule has 4 rings (SSSR count). The maximum absolute atomic E-state index is 13.8. The van der Waals surface area contributed by atoms with Crippen molar-refractivity contribution in [3.8, 4) is 5.75 Å². The van der Waals surface area contributed by atoms with Crippen LogP contribution >= 0.6 is 11.6 Å². The topological polar surface area (TPSA) is 84.9 Å². The Kier molecular flexibility index (Phi) is 7.25. The molecular formula is C24H21ClF2N2O5S. The Morgan fingerprint density at radius 2 is 1.86 bits per heavy atom.